The summed E-state index contributed by atoms with van der Waals surface area (Å²) in [6.45, 7) is 4.14. The summed E-state index contributed by atoms with van der Waals surface area (Å²) in [4.78, 5) is 16.2. The van der Waals surface area contributed by atoms with E-state index in [1.54, 1.807) is 18.5 Å². The number of nitrogens with one attached hydrogen (secondary N) is 1. The minimum atomic E-state index is -4.64. The zero-order valence-electron chi connectivity index (χ0n) is 16.0. The molecule has 1 heterocycles. The third-order valence-corrected chi connectivity index (χ3v) is 4.82. The highest BCUT2D eigenvalue weighted by molar-refractivity contribution is 6.30. The van der Waals surface area contributed by atoms with Gasteiger partial charge in [0, 0.05) is 48.3 Å². The molecule has 0 saturated heterocycles. The Labute approximate surface area is 176 Å². The first-order valence-corrected chi connectivity index (χ1v) is 9.67. The summed E-state index contributed by atoms with van der Waals surface area (Å²) in [6.07, 6.45) is -1.65. The van der Waals surface area contributed by atoms with E-state index >= 15 is 0 Å². The molecule has 0 atom stereocenters. The topological polar surface area (TPSA) is 65.4 Å². The number of ether oxygens (including phenoxy) is 2. The molecule has 0 radical (unpaired) electrons. The minimum absolute atomic E-state index is 0.115. The Morgan fingerprint density at radius 1 is 1.27 bits per heavy atom. The molecule has 3 rings (SSSR count). The number of carbonyl (C=O) groups is 1. The molecule has 1 aliphatic rings. The maximum Gasteiger partial charge on any atom is 0.522 e. The van der Waals surface area contributed by atoms with Crippen LogP contribution < -0.4 is 5.32 Å². The molecule has 0 bridgehead atoms. The van der Waals surface area contributed by atoms with Crippen LogP contribution in [0.25, 0.3) is 11.3 Å². The smallest absolute Gasteiger partial charge is 0.368 e. The summed E-state index contributed by atoms with van der Waals surface area (Å²) in [5, 5.41) is 3.28. The van der Waals surface area contributed by atoms with Crippen molar-refractivity contribution in [2.75, 3.05) is 6.61 Å². The number of carbonyl (C=O) groups excluding carboxylic acids is 1. The van der Waals surface area contributed by atoms with Crippen LogP contribution in [0.2, 0.25) is 5.02 Å². The summed E-state index contributed by atoms with van der Waals surface area (Å²) in [7, 11) is 0. The van der Waals surface area contributed by atoms with Gasteiger partial charge in [0.1, 0.15) is 6.61 Å². The summed E-state index contributed by atoms with van der Waals surface area (Å²) in [5.41, 5.74) is 2.27. The van der Waals surface area contributed by atoms with Crippen molar-refractivity contribution >= 4 is 17.5 Å². The first-order valence-electron chi connectivity index (χ1n) is 9.29. The zero-order chi connectivity index (χ0) is 21.7. The van der Waals surface area contributed by atoms with E-state index in [1.807, 2.05) is 22.9 Å². The molecular weight excluding hydrogens is 423 g/mol. The Morgan fingerprint density at radius 2 is 1.97 bits per heavy atom. The van der Waals surface area contributed by atoms with E-state index in [9.17, 15) is 18.0 Å². The number of benzene rings is 1. The van der Waals surface area contributed by atoms with E-state index in [-0.39, 0.29) is 19.4 Å². The maximum atomic E-state index is 12.1. The molecule has 10 heteroatoms. The quantitative estimate of drug-likeness (QED) is 0.627. The van der Waals surface area contributed by atoms with Crippen LogP contribution in [0.4, 0.5) is 13.2 Å². The molecule has 30 heavy (non-hydrogen) atoms. The van der Waals surface area contributed by atoms with Gasteiger partial charge in [0.2, 0.25) is 5.91 Å². The van der Waals surface area contributed by atoms with E-state index in [2.05, 4.69) is 21.6 Å². The molecule has 1 amide bonds. The highest BCUT2D eigenvalue weighted by atomic mass is 35.5. The fraction of sp³-hybridized carbons (Fsp3) is 0.400. The van der Waals surface area contributed by atoms with Crippen molar-refractivity contribution in [1.82, 2.24) is 14.9 Å². The lowest BCUT2D eigenvalue weighted by Gasteiger charge is -2.34. The van der Waals surface area contributed by atoms with Gasteiger partial charge in [-0.25, -0.2) is 4.98 Å². The molecule has 1 fully saturated rings. The second-order valence-electron chi connectivity index (χ2n) is 7.00. The summed E-state index contributed by atoms with van der Waals surface area (Å²) >= 11 is 5.89. The highest BCUT2D eigenvalue weighted by Gasteiger charge is 2.40. The Balaban J connectivity index is 1.33. The van der Waals surface area contributed by atoms with E-state index in [0.29, 0.717) is 23.7 Å². The van der Waals surface area contributed by atoms with Gasteiger partial charge in [-0.2, -0.15) is 0 Å². The minimum Gasteiger partial charge on any atom is -0.368 e. The predicted molar refractivity (Wildman–Crippen MR) is 104 cm³/mol. The van der Waals surface area contributed by atoms with Crippen molar-refractivity contribution in [2.45, 2.75) is 44.4 Å². The number of allylic oxidation sites excluding steroid dienone is 1. The van der Waals surface area contributed by atoms with Crippen LogP contribution in [0.15, 0.2) is 49.1 Å². The maximum absolute atomic E-state index is 12.1. The largest absolute Gasteiger partial charge is 0.522 e. The molecule has 0 unspecified atom stereocenters. The first-order chi connectivity index (χ1) is 14.2. The van der Waals surface area contributed by atoms with Crippen LogP contribution in [0.5, 0.6) is 0 Å². The van der Waals surface area contributed by atoms with Gasteiger partial charge in [0.15, 0.2) is 0 Å². The normalized spacial score (nSPS) is 18.7. The fourth-order valence-corrected chi connectivity index (χ4v) is 3.07. The van der Waals surface area contributed by atoms with Gasteiger partial charge in [0.05, 0.1) is 24.2 Å². The number of alkyl halides is 3. The molecule has 1 saturated carbocycles. The van der Waals surface area contributed by atoms with E-state index in [4.69, 9.17) is 16.3 Å². The lowest BCUT2D eigenvalue weighted by atomic mass is 9.92. The second-order valence-corrected chi connectivity index (χ2v) is 7.43. The van der Waals surface area contributed by atoms with Crippen LogP contribution >= 0.6 is 11.6 Å². The number of halogens is 4. The summed E-state index contributed by atoms with van der Waals surface area (Å²) in [5.74, 6) is -0.396. The molecule has 162 valence electrons. The van der Waals surface area contributed by atoms with Crippen LogP contribution in [0, 0.1) is 0 Å². The van der Waals surface area contributed by atoms with Crippen molar-refractivity contribution < 1.29 is 27.4 Å². The van der Waals surface area contributed by atoms with Crippen molar-refractivity contribution in [3.8, 4) is 11.3 Å². The van der Waals surface area contributed by atoms with Gasteiger partial charge in [-0.3, -0.25) is 9.53 Å². The highest BCUT2D eigenvalue weighted by Crippen LogP contribution is 2.32. The van der Waals surface area contributed by atoms with E-state index < -0.39 is 24.5 Å². The summed E-state index contributed by atoms with van der Waals surface area (Å²) in [6, 6.07) is 7.35. The van der Waals surface area contributed by atoms with Crippen LogP contribution in [-0.2, 0) is 20.8 Å². The third kappa shape index (κ3) is 6.86. The number of aryl methyl sites for hydroxylation is 1. The number of aromatic nitrogens is 2. The monoisotopic (exact) mass is 443 g/mol. The Bertz CT molecular complexity index is 877. The molecule has 1 N–H and O–H groups in total. The molecule has 1 aromatic heterocycles. The van der Waals surface area contributed by atoms with Gasteiger partial charge in [-0.15, -0.1) is 13.2 Å². The molecule has 0 aliphatic heterocycles. The first kappa shape index (κ1) is 22.3. The van der Waals surface area contributed by atoms with Crippen molar-refractivity contribution in [1.29, 1.82) is 0 Å². The Morgan fingerprint density at radius 3 is 2.63 bits per heavy atom. The van der Waals surface area contributed by atoms with Crippen LogP contribution in [0.3, 0.4) is 0 Å². The van der Waals surface area contributed by atoms with E-state index in [0.717, 1.165) is 11.3 Å². The number of imidazole rings is 1. The lowest BCUT2D eigenvalue weighted by molar-refractivity contribution is -0.357. The number of hydrogen-bond acceptors (Lipinski definition) is 4. The molecule has 2 aromatic rings. The molecule has 1 aromatic carbocycles. The average Bonchev–Trinajstić information content (AvgIpc) is 3.10. The summed E-state index contributed by atoms with van der Waals surface area (Å²) < 4.78 is 47.2. The number of rotatable bonds is 9. The van der Waals surface area contributed by atoms with Crippen LogP contribution in [0.1, 0.15) is 19.3 Å². The van der Waals surface area contributed by atoms with Crippen LogP contribution in [-0.4, -0.2) is 40.6 Å². The molecule has 6 nitrogen and oxygen atoms in total. The zero-order valence-corrected chi connectivity index (χ0v) is 16.7. The van der Waals surface area contributed by atoms with Gasteiger partial charge in [0.25, 0.3) is 0 Å². The Kier molecular flexibility index (Phi) is 7.17. The molecule has 1 aliphatic carbocycles. The number of amides is 1. The third-order valence-electron chi connectivity index (χ3n) is 4.56. The number of nitrogens with zero attached hydrogens (tertiary/aromatic N) is 2. The van der Waals surface area contributed by atoms with E-state index in [1.165, 1.54) is 0 Å². The molecule has 0 spiro atoms. The Hall–Kier alpha value is -2.36. The standard InChI is InChI=1S/C20H21ClF3N3O3/c1-13(26-19(28)11-29-16-8-17(9-16)30-20(22,23)24)6-7-27-10-18(25-12-27)14-2-4-15(21)5-3-14/h2-5,10,12,16-17H,1,6-9,11H2,(H,26,28)/t16-,17+. The van der Waals surface area contributed by atoms with Crippen molar-refractivity contribution in [2.24, 2.45) is 0 Å². The number of hydrogen-bond donors (Lipinski definition) is 1. The predicted octanol–water partition coefficient (Wildman–Crippen LogP) is 4.31. The molecular formula is C20H21ClF3N3O3. The second kappa shape index (κ2) is 9.63. The fourth-order valence-electron chi connectivity index (χ4n) is 2.94. The van der Waals surface area contributed by atoms with Gasteiger partial charge in [-0.05, 0) is 12.1 Å². The lowest BCUT2D eigenvalue weighted by Crippen LogP contribution is -2.42. The van der Waals surface area contributed by atoms with Gasteiger partial charge < -0.3 is 14.6 Å². The van der Waals surface area contributed by atoms with Gasteiger partial charge >= 0.3 is 6.36 Å². The van der Waals surface area contributed by atoms with Gasteiger partial charge in [-0.1, -0.05) is 30.3 Å². The van der Waals surface area contributed by atoms with Crippen molar-refractivity contribution in [3.63, 3.8) is 0 Å². The average molecular weight is 444 g/mol. The SMILES string of the molecule is C=C(CCn1cnc(-c2ccc(Cl)cc2)c1)NC(=O)CO[C@H]1C[C@@H](OC(F)(F)F)C1. The van der Waals surface area contributed by atoms with Crippen molar-refractivity contribution in [3.05, 3.63) is 54.1 Å².